The molecule has 0 saturated carbocycles. The van der Waals surface area contributed by atoms with E-state index in [1.807, 2.05) is 20.8 Å². The third kappa shape index (κ3) is 16.9. The van der Waals surface area contributed by atoms with Crippen LogP contribution < -0.4 is 5.32 Å². The number of aliphatic hydroxyl groups is 1. The Kier molecular flexibility index (Phi) is 18.4. The molecule has 0 aliphatic heterocycles. The van der Waals surface area contributed by atoms with E-state index in [1.165, 1.54) is 38.1 Å². The molecule has 1 aromatic rings. The van der Waals surface area contributed by atoms with Crippen LogP contribution in [0, 0.1) is 10.8 Å². The monoisotopic (exact) mass is 721 g/mol. The highest BCUT2D eigenvalue weighted by Crippen LogP contribution is 2.31. The van der Waals surface area contributed by atoms with Gasteiger partial charge in [-0.2, -0.15) is 0 Å². The number of benzene rings is 1. The van der Waals surface area contributed by atoms with Crippen molar-refractivity contribution in [1.29, 1.82) is 0 Å². The lowest BCUT2D eigenvalue weighted by Gasteiger charge is -2.29. The van der Waals surface area contributed by atoms with Crippen LogP contribution in [0.5, 0.6) is 0 Å². The van der Waals surface area contributed by atoms with E-state index in [2.05, 4.69) is 18.8 Å². The molecule has 51 heavy (non-hydrogen) atoms. The van der Waals surface area contributed by atoms with Gasteiger partial charge in [-0.25, -0.2) is 19.2 Å². The van der Waals surface area contributed by atoms with E-state index >= 15 is 0 Å². The Hall–Kier alpha value is -4.46. The summed E-state index contributed by atoms with van der Waals surface area (Å²) in [6.07, 6.45) is 0.351. The second kappa shape index (κ2) is 21.0. The molecule has 0 aliphatic rings. The van der Waals surface area contributed by atoms with E-state index in [-0.39, 0.29) is 42.7 Å². The molecule has 0 aliphatic carbocycles. The molecule has 0 radical (unpaired) electrons. The van der Waals surface area contributed by atoms with Crippen LogP contribution in [-0.4, -0.2) is 91.8 Å². The fraction of sp³-hybridized carbons (Fsp3) is 0.622. The number of hydrogen-bond donors (Lipinski definition) is 2. The molecule has 0 heterocycles. The topological polar surface area (TPSA) is 190 Å². The Morgan fingerprint density at radius 3 is 1.84 bits per heavy atom. The first-order valence-electron chi connectivity index (χ1n) is 17.0. The molecule has 0 saturated heterocycles. The zero-order valence-electron chi connectivity index (χ0n) is 31.2. The van der Waals surface area contributed by atoms with Gasteiger partial charge in [-0.3, -0.25) is 9.59 Å². The quantitative estimate of drug-likeness (QED) is 0.0697. The van der Waals surface area contributed by atoms with Crippen LogP contribution in [0.4, 0.5) is 4.79 Å². The SMILES string of the molecule is C=CC(=O)OCCNC(=O)OC(COC(=O)CC(C)(C)C(=O)OC(C)(C)CC)COC(=O)c1ccc(C(=O)OCC(O)CC(C)(CC)CC)cc1. The van der Waals surface area contributed by atoms with Crippen LogP contribution in [0.1, 0.15) is 108 Å². The van der Waals surface area contributed by atoms with Gasteiger partial charge in [-0.05, 0) is 70.2 Å². The maximum absolute atomic E-state index is 12.8. The Morgan fingerprint density at radius 2 is 1.33 bits per heavy atom. The standard InChI is InChI=1S/C37H55NO13/c1-10-29(40)46-19-18-38-34(45)50-28(23-47-30(41)21-35(5,6)33(44)51-36(7,8)11-2)24-49-32(43)26-16-14-25(15-17-26)31(42)48-22-27(39)20-37(9,12-3)13-4/h10,14-17,27-28,39H,1,11-13,18-24H2,2-9H3,(H,38,45). The lowest BCUT2D eigenvalue weighted by Crippen LogP contribution is -2.38. The summed E-state index contributed by atoms with van der Waals surface area (Å²) in [4.78, 5) is 74.4. The summed E-state index contributed by atoms with van der Waals surface area (Å²) < 4.78 is 31.4. The zero-order chi connectivity index (χ0) is 38.8. The molecule has 14 nitrogen and oxygen atoms in total. The average molecular weight is 722 g/mol. The van der Waals surface area contributed by atoms with Crippen LogP contribution in [0.3, 0.4) is 0 Å². The smallest absolute Gasteiger partial charge is 0.407 e. The second-order valence-electron chi connectivity index (χ2n) is 13.7. The van der Waals surface area contributed by atoms with Crippen molar-refractivity contribution in [2.75, 3.05) is 33.0 Å². The van der Waals surface area contributed by atoms with Crippen molar-refractivity contribution in [2.24, 2.45) is 10.8 Å². The molecule has 286 valence electrons. The lowest BCUT2D eigenvalue weighted by molar-refractivity contribution is -0.172. The lowest BCUT2D eigenvalue weighted by atomic mass is 9.80. The summed E-state index contributed by atoms with van der Waals surface area (Å²) in [6.45, 7) is 16.4. The normalized spacial score (nSPS) is 12.8. The number of alkyl carbamates (subject to hydrolysis) is 1. The fourth-order valence-corrected chi connectivity index (χ4v) is 4.22. The molecule has 2 unspecified atom stereocenters. The largest absolute Gasteiger partial charge is 0.462 e. The maximum Gasteiger partial charge on any atom is 0.407 e. The van der Waals surface area contributed by atoms with Crippen LogP contribution in [0.25, 0.3) is 0 Å². The number of esters is 5. The van der Waals surface area contributed by atoms with Crippen LogP contribution >= 0.6 is 0 Å². The predicted molar refractivity (Wildman–Crippen MR) is 186 cm³/mol. The second-order valence-corrected chi connectivity index (χ2v) is 13.7. The minimum absolute atomic E-state index is 0.0627. The summed E-state index contributed by atoms with van der Waals surface area (Å²) in [5.74, 6) is -3.56. The average Bonchev–Trinajstić information content (AvgIpc) is 3.09. The number of carbonyl (C=O) groups excluding carboxylic acids is 6. The molecule has 0 bridgehead atoms. The highest BCUT2D eigenvalue weighted by molar-refractivity contribution is 5.93. The van der Waals surface area contributed by atoms with E-state index in [4.69, 9.17) is 28.4 Å². The number of carbonyl (C=O) groups is 6. The molecule has 2 atom stereocenters. The van der Waals surface area contributed by atoms with Crippen LogP contribution in [-0.2, 0) is 42.8 Å². The van der Waals surface area contributed by atoms with Crippen molar-refractivity contribution >= 4 is 35.9 Å². The van der Waals surface area contributed by atoms with Crippen molar-refractivity contribution in [3.63, 3.8) is 0 Å². The number of ether oxygens (including phenoxy) is 6. The van der Waals surface area contributed by atoms with Gasteiger partial charge in [-0.15, -0.1) is 0 Å². The predicted octanol–water partition coefficient (Wildman–Crippen LogP) is 5.09. The fourth-order valence-electron chi connectivity index (χ4n) is 4.22. The van der Waals surface area contributed by atoms with E-state index in [0.29, 0.717) is 12.8 Å². The number of rotatable bonds is 22. The summed E-state index contributed by atoms with van der Waals surface area (Å²) >= 11 is 0. The van der Waals surface area contributed by atoms with E-state index in [1.54, 1.807) is 13.8 Å². The summed E-state index contributed by atoms with van der Waals surface area (Å²) in [7, 11) is 0. The maximum atomic E-state index is 12.8. The first kappa shape index (κ1) is 44.6. The number of hydrogen-bond acceptors (Lipinski definition) is 13. The van der Waals surface area contributed by atoms with Gasteiger partial charge >= 0.3 is 35.9 Å². The van der Waals surface area contributed by atoms with Gasteiger partial charge < -0.3 is 38.8 Å². The molecule has 0 spiro atoms. The van der Waals surface area contributed by atoms with Crippen molar-refractivity contribution in [1.82, 2.24) is 5.32 Å². The highest BCUT2D eigenvalue weighted by Gasteiger charge is 2.36. The van der Waals surface area contributed by atoms with Gasteiger partial charge in [0.05, 0.1) is 35.6 Å². The molecule has 0 fully saturated rings. The molecule has 1 rings (SSSR count). The van der Waals surface area contributed by atoms with E-state index in [0.717, 1.165) is 18.9 Å². The van der Waals surface area contributed by atoms with Gasteiger partial charge in [0.2, 0.25) is 0 Å². The Morgan fingerprint density at radius 1 is 0.804 bits per heavy atom. The zero-order valence-corrected chi connectivity index (χ0v) is 31.2. The number of amides is 1. The molecule has 0 aromatic heterocycles. The minimum Gasteiger partial charge on any atom is -0.462 e. The molecule has 2 N–H and O–H groups in total. The van der Waals surface area contributed by atoms with Crippen molar-refractivity contribution < 1.29 is 62.3 Å². The Balaban J connectivity index is 2.85. The third-order valence-electron chi connectivity index (χ3n) is 8.44. The first-order chi connectivity index (χ1) is 23.8. The van der Waals surface area contributed by atoms with Crippen molar-refractivity contribution in [2.45, 2.75) is 105 Å². The van der Waals surface area contributed by atoms with Gasteiger partial charge in [0, 0.05) is 6.08 Å². The summed E-state index contributed by atoms with van der Waals surface area (Å²) in [5.41, 5.74) is -1.80. The third-order valence-corrected chi connectivity index (χ3v) is 8.44. The van der Waals surface area contributed by atoms with E-state index in [9.17, 15) is 33.9 Å². The molecular formula is C37H55NO13. The van der Waals surface area contributed by atoms with Gasteiger partial charge in [0.25, 0.3) is 0 Å². The van der Waals surface area contributed by atoms with Crippen molar-refractivity contribution in [3.8, 4) is 0 Å². The molecular weight excluding hydrogens is 666 g/mol. The van der Waals surface area contributed by atoms with Crippen molar-refractivity contribution in [3.05, 3.63) is 48.0 Å². The van der Waals surface area contributed by atoms with Gasteiger partial charge in [0.1, 0.15) is 32.0 Å². The number of nitrogens with one attached hydrogen (secondary N) is 1. The molecule has 1 amide bonds. The number of aliphatic hydroxyl groups excluding tert-OH is 1. The van der Waals surface area contributed by atoms with Gasteiger partial charge in [-0.1, -0.05) is 47.1 Å². The minimum atomic E-state index is -1.27. The molecule has 14 heteroatoms. The highest BCUT2D eigenvalue weighted by atomic mass is 16.6. The van der Waals surface area contributed by atoms with Gasteiger partial charge in [0.15, 0.2) is 6.10 Å². The first-order valence-corrected chi connectivity index (χ1v) is 17.0. The van der Waals surface area contributed by atoms with Crippen LogP contribution in [0.15, 0.2) is 36.9 Å². The van der Waals surface area contributed by atoms with Crippen LogP contribution in [0.2, 0.25) is 0 Å². The summed E-state index contributed by atoms with van der Waals surface area (Å²) in [6, 6.07) is 5.41. The summed E-state index contributed by atoms with van der Waals surface area (Å²) in [5, 5.41) is 12.7. The Bertz CT molecular complexity index is 1330. The molecule has 1 aromatic carbocycles. The Labute approximate surface area is 300 Å². The van der Waals surface area contributed by atoms with E-state index < -0.39 is 72.4 Å².